The number of carbonyl (C=O) groups excluding carboxylic acids is 3. The summed E-state index contributed by atoms with van der Waals surface area (Å²) in [6.07, 6.45) is 5.64. The first-order valence-corrected chi connectivity index (χ1v) is 11.5. The van der Waals surface area contributed by atoms with E-state index in [-0.39, 0.29) is 30.5 Å². The molecule has 0 aromatic heterocycles. The Morgan fingerprint density at radius 3 is 2.44 bits per heavy atom. The molecule has 2 N–H and O–H groups in total. The minimum Gasteiger partial charge on any atom is -0.454 e. The van der Waals surface area contributed by atoms with E-state index < -0.39 is 5.97 Å². The molecule has 2 fully saturated rings. The van der Waals surface area contributed by atoms with Gasteiger partial charge in [0.05, 0.1) is 13.2 Å². The zero-order chi connectivity index (χ0) is 23.0. The minimum atomic E-state index is -0.641. The van der Waals surface area contributed by atoms with Crippen molar-refractivity contribution in [2.45, 2.75) is 51.5 Å². The normalized spacial score (nSPS) is 18.6. The summed E-state index contributed by atoms with van der Waals surface area (Å²) in [5, 5.41) is 5.50. The third kappa shape index (κ3) is 6.53. The first-order valence-electron chi connectivity index (χ1n) is 11.5. The summed E-state index contributed by atoms with van der Waals surface area (Å²) in [5.41, 5.74) is 2.54. The topological polar surface area (TPSA) is 97.0 Å². The number of nitrogens with zero attached hydrogens (tertiary/aromatic N) is 1. The van der Waals surface area contributed by atoms with Gasteiger partial charge in [-0.3, -0.25) is 19.3 Å². The fourth-order valence-electron chi connectivity index (χ4n) is 4.50. The number of aryl methyl sites for hydroxylation is 2. The Balaban J connectivity index is 1.41. The third-order valence-electron chi connectivity index (χ3n) is 6.61. The van der Waals surface area contributed by atoms with Crippen LogP contribution in [0.25, 0.3) is 0 Å². The molecule has 1 aromatic rings. The zero-order valence-electron chi connectivity index (χ0n) is 19.2. The van der Waals surface area contributed by atoms with Gasteiger partial charge in [-0.1, -0.05) is 25.3 Å². The lowest BCUT2D eigenvalue weighted by Gasteiger charge is -2.48. The fourth-order valence-corrected chi connectivity index (χ4v) is 4.50. The van der Waals surface area contributed by atoms with Gasteiger partial charge in [-0.05, 0) is 49.9 Å². The Labute approximate surface area is 190 Å². The number of hydrogen-bond donors (Lipinski definition) is 2. The Morgan fingerprint density at radius 1 is 1.03 bits per heavy atom. The van der Waals surface area contributed by atoms with Crippen molar-refractivity contribution in [1.29, 1.82) is 0 Å². The molecule has 1 saturated carbocycles. The molecule has 0 spiro atoms. The van der Waals surface area contributed by atoms with Gasteiger partial charge < -0.3 is 20.1 Å². The van der Waals surface area contributed by atoms with Gasteiger partial charge in [-0.2, -0.15) is 0 Å². The standard InChI is InChI=1S/C24H35N3O5/c1-18-6-7-20(14-19(18)2)23(30)25-15-22(29)32-16-21(28)26-17-24(8-4-3-5-9-24)27-10-12-31-13-11-27/h6-7,14H,3-5,8-13,15-17H2,1-2H3,(H,25,30)(H,26,28). The highest BCUT2D eigenvalue weighted by Crippen LogP contribution is 2.33. The van der Waals surface area contributed by atoms with Gasteiger partial charge >= 0.3 is 5.97 Å². The van der Waals surface area contributed by atoms with Gasteiger partial charge in [-0.25, -0.2) is 0 Å². The lowest BCUT2D eigenvalue weighted by atomic mass is 9.79. The highest BCUT2D eigenvalue weighted by molar-refractivity contribution is 5.96. The molecule has 8 nitrogen and oxygen atoms in total. The van der Waals surface area contributed by atoms with Crippen LogP contribution in [0.5, 0.6) is 0 Å². The van der Waals surface area contributed by atoms with E-state index in [9.17, 15) is 14.4 Å². The number of morpholine rings is 1. The molecule has 32 heavy (non-hydrogen) atoms. The van der Waals surface area contributed by atoms with Gasteiger partial charge in [0.15, 0.2) is 6.61 Å². The molecule has 1 aliphatic heterocycles. The first-order chi connectivity index (χ1) is 15.4. The molecular weight excluding hydrogens is 410 g/mol. The molecule has 0 atom stereocenters. The fraction of sp³-hybridized carbons (Fsp3) is 0.625. The molecule has 1 heterocycles. The molecule has 0 bridgehead atoms. The van der Waals surface area contributed by atoms with Crippen LogP contribution >= 0.6 is 0 Å². The molecule has 8 heteroatoms. The van der Waals surface area contributed by atoms with Crippen molar-refractivity contribution < 1.29 is 23.9 Å². The van der Waals surface area contributed by atoms with Crippen molar-refractivity contribution in [1.82, 2.24) is 15.5 Å². The first kappa shape index (κ1) is 24.2. The molecule has 2 amide bonds. The van der Waals surface area contributed by atoms with Gasteiger partial charge in [0, 0.05) is 30.7 Å². The van der Waals surface area contributed by atoms with E-state index in [0.717, 1.165) is 63.1 Å². The number of rotatable bonds is 8. The zero-order valence-corrected chi connectivity index (χ0v) is 19.2. The summed E-state index contributed by atoms with van der Waals surface area (Å²) in [5.74, 6) is -1.31. The van der Waals surface area contributed by atoms with Crippen LogP contribution in [0.4, 0.5) is 0 Å². The Hall–Kier alpha value is -2.45. The van der Waals surface area contributed by atoms with Crippen LogP contribution in [0.1, 0.15) is 53.6 Å². The second-order valence-corrected chi connectivity index (χ2v) is 8.80. The van der Waals surface area contributed by atoms with Gasteiger partial charge in [0.25, 0.3) is 11.8 Å². The predicted octanol–water partition coefficient (Wildman–Crippen LogP) is 1.73. The second kappa shape index (κ2) is 11.4. The van der Waals surface area contributed by atoms with Crippen LogP contribution < -0.4 is 10.6 Å². The molecule has 3 rings (SSSR count). The van der Waals surface area contributed by atoms with E-state index in [4.69, 9.17) is 9.47 Å². The monoisotopic (exact) mass is 445 g/mol. The summed E-state index contributed by atoms with van der Waals surface area (Å²) < 4.78 is 10.5. The summed E-state index contributed by atoms with van der Waals surface area (Å²) in [4.78, 5) is 39.0. The van der Waals surface area contributed by atoms with Gasteiger partial charge in [-0.15, -0.1) is 0 Å². The molecule has 176 valence electrons. The SMILES string of the molecule is Cc1ccc(C(=O)NCC(=O)OCC(=O)NCC2(N3CCOCC3)CCCCC2)cc1C. The number of hydrogen-bond acceptors (Lipinski definition) is 6. The van der Waals surface area contributed by atoms with Crippen molar-refractivity contribution in [3.05, 3.63) is 34.9 Å². The van der Waals surface area contributed by atoms with Crippen LogP contribution in [0.2, 0.25) is 0 Å². The van der Waals surface area contributed by atoms with Gasteiger partial charge in [0.2, 0.25) is 0 Å². The maximum absolute atomic E-state index is 12.3. The molecule has 0 radical (unpaired) electrons. The van der Waals surface area contributed by atoms with Crippen LogP contribution in [-0.4, -0.2) is 74.2 Å². The molecule has 1 saturated heterocycles. The summed E-state index contributed by atoms with van der Waals surface area (Å²) in [7, 11) is 0. The number of esters is 1. The van der Waals surface area contributed by atoms with E-state index in [2.05, 4.69) is 15.5 Å². The average Bonchev–Trinajstić information content (AvgIpc) is 2.82. The van der Waals surface area contributed by atoms with Crippen LogP contribution in [0.15, 0.2) is 18.2 Å². The molecular formula is C24H35N3O5. The van der Waals surface area contributed by atoms with Crippen molar-refractivity contribution in [2.24, 2.45) is 0 Å². The molecule has 0 unspecified atom stereocenters. The second-order valence-electron chi connectivity index (χ2n) is 8.80. The molecule has 1 aromatic carbocycles. The Morgan fingerprint density at radius 2 is 1.75 bits per heavy atom. The lowest BCUT2D eigenvalue weighted by Crippen LogP contribution is -2.59. The Bertz CT molecular complexity index is 814. The maximum atomic E-state index is 12.3. The largest absolute Gasteiger partial charge is 0.454 e. The molecule has 2 aliphatic rings. The highest BCUT2D eigenvalue weighted by Gasteiger charge is 2.38. The summed E-state index contributed by atoms with van der Waals surface area (Å²) in [6, 6.07) is 5.36. The van der Waals surface area contributed by atoms with Crippen LogP contribution in [0.3, 0.4) is 0 Å². The maximum Gasteiger partial charge on any atom is 0.325 e. The average molecular weight is 446 g/mol. The summed E-state index contributed by atoms with van der Waals surface area (Å²) in [6.45, 7) is 7.02. The van der Waals surface area contributed by atoms with Crippen LogP contribution in [0, 0.1) is 13.8 Å². The summed E-state index contributed by atoms with van der Waals surface area (Å²) >= 11 is 0. The number of carbonyl (C=O) groups is 3. The van der Waals surface area contributed by atoms with E-state index in [1.807, 2.05) is 19.9 Å². The highest BCUT2D eigenvalue weighted by atomic mass is 16.5. The lowest BCUT2D eigenvalue weighted by molar-refractivity contribution is -0.147. The van der Waals surface area contributed by atoms with E-state index in [0.29, 0.717) is 12.1 Å². The minimum absolute atomic E-state index is 0.0398. The van der Waals surface area contributed by atoms with Crippen molar-refractivity contribution >= 4 is 17.8 Å². The number of nitrogens with one attached hydrogen (secondary N) is 2. The predicted molar refractivity (Wildman–Crippen MR) is 120 cm³/mol. The number of benzene rings is 1. The number of ether oxygens (including phenoxy) is 2. The van der Waals surface area contributed by atoms with Gasteiger partial charge in [0.1, 0.15) is 6.54 Å². The Kier molecular flexibility index (Phi) is 8.64. The molecule has 1 aliphatic carbocycles. The van der Waals surface area contributed by atoms with E-state index in [1.54, 1.807) is 12.1 Å². The van der Waals surface area contributed by atoms with Crippen molar-refractivity contribution in [2.75, 3.05) is 46.0 Å². The van der Waals surface area contributed by atoms with Crippen LogP contribution in [-0.2, 0) is 19.1 Å². The quantitative estimate of drug-likeness (QED) is 0.592. The van der Waals surface area contributed by atoms with Crippen molar-refractivity contribution in [3.63, 3.8) is 0 Å². The van der Waals surface area contributed by atoms with Crippen molar-refractivity contribution in [3.8, 4) is 0 Å². The number of amides is 2. The smallest absolute Gasteiger partial charge is 0.325 e. The third-order valence-corrected chi connectivity index (χ3v) is 6.61. The van der Waals surface area contributed by atoms with E-state index >= 15 is 0 Å². The van der Waals surface area contributed by atoms with E-state index in [1.165, 1.54) is 6.42 Å².